The van der Waals surface area contributed by atoms with Crippen LogP contribution in [0.1, 0.15) is 26.2 Å². The van der Waals surface area contributed by atoms with Gasteiger partial charge in [-0.25, -0.2) is 0 Å². The Bertz CT molecular complexity index is 233. The fourth-order valence-corrected chi connectivity index (χ4v) is 2.43. The van der Waals surface area contributed by atoms with Crippen LogP contribution in [0.2, 0.25) is 0 Å². The highest BCUT2D eigenvalue weighted by Gasteiger charge is 2.30. The van der Waals surface area contributed by atoms with Gasteiger partial charge in [-0.2, -0.15) is 0 Å². The molecule has 0 bridgehead atoms. The number of carbonyl (C=O) groups excluding carboxylic acids is 2. The molecule has 0 spiro atoms. The average molecular weight is 310 g/mol. The van der Waals surface area contributed by atoms with E-state index in [1.165, 1.54) is 0 Å². The molecule has 0 aromatic carbocycles. The Morgan fingerprint density at radius 2 is 2.29 bits per heavy atom. The van der Waals surface area contributed by atoms with Crippen molar-refractivity contribution in [2.45, 2.75) is 32.2 Å². The number of alkyl halides is 1. The maximum atomic E-state index is 11.5. The minimum atomic E-state index is -0.142. The third kappa shape index (κ3) is 2.91. The van der Waals surface area contributed by atoms with Crippen molar-refractivity contribution >= 4 is 34.4 Å². The average Bonchev–Trinajstić information content (AvgIpc) is 2.15. The van der Waals surface area contributed by atoms with Crippen LogP contribution in [-0.4, -0.2) is 33.9 Å². The number of carbonyl (C=O) groups is 2. The molecule has 1 heterocycles. The first-order valence-electron chi connectivity index (χ1n) is 4.82. The number of rotatable bonds is 4. The minimum Gasteiger partial charge on any atom is -0.295 e. The van der Waals surface area contributed by atoms with Gasteiger partial charge in [0.05, 0.1) is 10.6 Å². The lowest BCUT2D eigenvalue weighted by Crippen LogP contribution is -2.52. The summed E-state index contributed by atoms with van der Waals surface area (Å²) in [4.78, 5) is 24.6. The molecule has 80 valence electrons. The summed E-state index contributed by atoms with van der Waals surface area (Å²) in [7, 11) is 0. The summed E-state index contributed by atoms with van der Waals surface area (Å²) in [5.74, 6) is -0.275. The van der Waals surface area contributed by atoms with Crippen LogP contribution in [0.4, 0.5) is 0 Å². The van der Waals surface area contributed by atoms with E-state index in [4.69, 9.17) is 0 Å². The summed E-state index contributed by atoms with van der Waals surface area (Å²) >= 11 is 2.25. The van der Waals surface area contributed by atoms with Gasteiger partial charge in [-0.3, -0.25) is 19.8 Å². The third-order valence-corrected chi connectivity index (χ3v) is 3.19. The molecule has 1 saturated heterocycles. The van der Waals surface area contributed by atoms with Crippen LogP contribution in [0.25, 0.3) is 0 Å². The molecule has 1 atom stereocenters. The first-order chi connectivity index (χ1) is 6.69. The van der Waals surface area contributed by atoms with Crippen LogP contribution in [-0.2, 0) is 9.59 Å². The Morgan fingerprint density at radius 1 is 1.57 bits per heavy atom. The van der Waals surface area contributed by atoms with Crippen LogP contribution in [0.3, 0.4) is 0 Å². The number of piperidine rings is 1. The molecule has 1 unspecified atom stereocenters. The molecular formula is C9H15IN2O2. The zero-order valence-corrected chi connectivity index (χ0v) is 10.4. The van der Waals surface area contributed by atoms with Crippen LogP contribution < -0.4 is 5.32 Å². The van der Waals surface area contributed by atoms with Gasteiger partial charge in [-0.1, -0.05) is 29.5 Å². The van der Waals surface area contributed by atoms with E-state index < -0.39 is 0 Å². The number of hydrogen-bond acceptors (Lipinski definition) is 3. The van der Waals surface area contributed by atoms with Crippen LogP contribution >= 0.6 is 22.6 Å². The predicted octanol–water partition coefficient (Wildman–Crippen LogP) is 0.896. The molecule has 4 nitrogen and oxygen atoms in total. The highest BCUT2D eigenvalue weighted by molar-refractivity contribution is 14.1. The second-order valence-electron chi connectivity index (χ2n) is 3.40. The lowest BCUT2D eigenvalue weighted by atomic mass is 10.0. The standard InChI is InChI=1S/C9H15IN2O2/c1-2-5-12(6-10)7-3-4-8(13)11-9(7)14/h7H,2-6H2,1H3,(H,11,13,14). The molecule has 0 saturated carbocycles. The zero-order valence-electron chi connectivity index (χ0n) is 8.25. The predicted molar refractivity (Wildman–Crippen MR) is 62.1 cm³/mol. The monoisotopic (exact) mass is 310 g/mol. The van der Waals surface area contributed by atoms with Crippen LogP contribution in [0.15, 0.2) is 0 Å². The number of hydrogen-bond donors (Lipinski definition) is 1. The maximum absolute atomic E-state index is 11.5. The summed E-state index contributed by atoms with van der Waals surface area (Å²) < 4.78 is 0.831. The van der Waals surface area contributed by atoms with Gasteiger partial charge in [0.1, 0.15) is 0 Å². The van der Waals surface area contributed by atoms with E-state index in [9.17, 15) is 9.59 Å². The Kier molecular flexibility index (Phi) is 4.80. The number of amides is 2. The fraction of sp³-hybridized carbons (Fsp3) is 0.778. The van der Waals surface area contributed by atoms with Gasteiger partial charge in [0.15, 0.2) is 0 Å². The van der Waals surface area contributed by atoms with Crippen molar-refractivity contribution < 1.29 is 9.59 Å². The normalized spacial score (nSPS) is 22.6. The number of imide groups is 1. The van der Waals surface area contributed by atoms with Crippen LogP contribution in [0, 0.1) is 0 Å². The van der Waals surface area contributed by atoms with E-state index in [0.29, 0.717) is 12.8 Å². The first kappa shape index (κ1) is 11.9. The molecule has 2 amide bonds. The lowest BCUT2D eigenvalue weighted by molar-refractivity contribution is -0.137. The van der Waals surface area contributed by atoms with Gasteiger partial charge < -0.3 is 0 Å². The molecule has 1 aliphatic heterocycles. The topological polar surface area (TPSA) is 49.4 Å². The second-order valence-corrected chi connectivity index (χ2v) is 4.08. The Hall–Kier alpha value is -0.170. The highest BCUT2D eigenvalue weighted by atomic mass is 127. The van der Waals surface area contributed by atoms with E-state index in [1.54, 1.807) is 0 Å². The molecule has 0 aliphatic carbocycles. The van der Waals surface area contributed by atoms with Gasteiger partial charge >= 0.3 is 0 Å². The number of nitrogens with zero attached hydrogens (tertiary/aromatic N) is 1. The quantitative estimate of drug-likeness (QED) is 0.363. The minimum absolute atomic E-state index is 0.107. The molecule has 1 fully saturated rings. The van der Waals surface area contributed by atoms with E-state index in [-0.39, 0.29) is 17.9 Å². The summed E-state index contributed by atoms with van der Waals surface area (Å²) in [5, 5.41) is 2.38. The van der Waals surface area contributed by atoms with Gasteiger partial charge in [0.25, 0.3) is 0 Å². The van der Waals surface area contributed by atoms with Gasteiger partial charge in [0, 0.05) is 6.42 Å². The van der Waals surface area contributed by atoms with E-state index in [0.717, 1.165) is 17.5 Å². The summed E-state index contributed by atoms with van der Waals surface area (Å²) in [6.07, 6.45) is 2.15. The molecule has 0 aromatic heterocycles. The molecule has 0 radical (unpaired) electrons. The highest BCUT2D eigenvalue weighted by Crippen LogP contribution is 2.13. The Morgan fingerprint density at radius 3 is 2.79 bits per heavy atom. The van der Waals surface area contributed by atoms with Crippen molar-refractivity contribution in [3.05, 3.63) is 0 Å². The largest absolute Gasteiger partial charge is 0.295 e. The Labute approximate surface area is 97.5 Å². The summed E-state index contributed by atoms with van der Waals surface area (Å²) in [5.41, 5.74) is 0. The van der Waals surface area contributed by atoms with Crippen molar-refractivity contribution in [1.29, 1.82) is 0 Å². The summed E-state index contributed by atoms with van der Waals surface area (Å²) in [6, 6.07) is -0.107. The molecule has 1 rings (SSSR count). The Balaban J connectivity index is 2.57. The van der Waals surface area contributed by atoms with E-state index in [2.05, 4.69) is 39.7 Å². The maximum Gasteiger partial charge on any atom is 0.243 e. The summed E-state index contributed by atoms with van der Waals surface area (Å²) in [6.45, 7) is 3.00. The van der Waals surface area contributed by atoms with Crippen LogP contribution in [0.5, 0.6) is 0 Å². The second kappa shape index (κ2) is 5.65. The molecule has 5 heteroatoms. The van der Waals surface area contributed by atoms with Gasteiger partial charge in [0.2, 0.25) is 11.8 Å². The van der Waals surface area contributed by atoms with Gasteiger partial charge in [-0.05, 0) is 19.4 Å². The van der Waals surface area contributed by atoms with Crippen molar-refractivity contribution in [3.8, 4) is 0 Å². The molecule has 14 heavy (non-hydrogen) atoms. The SMILES string of the molecule is CCCN(CI)C1CCC(=O)NC1=O. The lowest BCUT2D eigenvalue weighted by Gasteiger charge is -2.30. The molecule has 1 aliphatic rings. The zero-order chi connectivity index (χ0) is 10.6. The van der Waals surface area contributed by atoms with E-state index in [1.807, 2.05) is 0 Å². The smallest absolute Gasteiger partial charge is 0.243 e. The number of nitrogens with one attached hydrogen (secondary N) is 1. The van der Waals surface area contributed by atoms with Crippen molar-refractivity contribution in [3.63, 3.8) is 0 Å². The molecule has 0 aromatic rings. The van der Waals surface area contributed by atoms with Gasteiger partial charge in [-0.15, -0.1) is 0 Å². The van der Waals surface area contributed by atoms with Crippen molar-refractivity contribution in [2.75, 3.05) is 11.1 Å². The number of halogens is 1. The van der Waals surface area contributed by atoms with Crippen molar-refractivity contribution in [1.82, 2.24) is 10.2 Å². The van der Waals surface area contributed by atoms with Crippen molar-refractivity contribution in [2.24, 2.45) is 0 Å². The van der Waals surface area contributed by atoms with E-state index >= 15 is 0 Å². The third-order valence-electron chi connectivity index (χ3n) is 2.32. The fourth-order valence-electron chi connectivity index (χ4n) is 1.62. The molecule has 1 N–H and O–H groups in total. The first-order valence-corrected chi connectivity index (χ1v) is 6.35. The molecular weight excluding hydrogens is 295 g/mol.